The van der Waals surface area contributed by atoms with Gasteiger partial charge in [-0.25, -0.2) is 4.68 Å². The molecule has 0 spiro atoms. The van der Waals surface area contributed by atoms with Gasteiger partial charge in [-0.15, -0.1) is 0 Å². The zero-order valence-corrected chi connectivity index (χ0v) is 15.2. The highest BCUT2D eigenvalue weighted by Crippen LogP contribution is 2.25. The van der Waals surface area contributed by atoms with Gasteiger partial charge in [0.05, 0.1) is 17.6 Å². The van der Waals surface area contributed by atoms with E-state index in [1.807, 2.05) is 50.2 Å². The normalized spacial score (nSPS) is 10.9. The van der Waals surface area contributed by atoms with Crippen LogP contribution in [0.25, 0.3) is 22.0 Å². The van der Waals surface area contributed by atoms with Crippen LogP contribution < -0.4 is 10.9 Å². The van der Waals surface area contributed by atoms with Crippen LogP contribution in [-0.4, -0.2) is 19.7 Å². The predicted molar refractivity (Wildman–Crippen MR) is 107 cm³/mol. The van der Waals surface area contributed by atoms with Crippen LogP contribution in [0.3, 0.4) is 0 Å². The molecule has 0 bridgehead atoms. The molecule has 1 aromatic carbocycles. The van der Waals surface area contributed by atoms with Gasteiger partial charge >= 0.3 is 0 Å². The van der Waals surface area contributed by atoms with Crippen molar-refractivity contribution in [3.8, 4) is 11.3 Å². The number of fused-ring (bicyclic) bond motifs is 1. The SMILES string of the molecule is CCn1nc(-c2ccc(C)nc2)cc(Nc2cncc3ccccc23)c1=O. The first-order valence-corrected chi connectivity index (χ1v) is 8.80. The lowest BCUT2D eigenvalue weighted by Gasteiger charge is -2.12. The lowest BCUT2D eigenvalue weighted by molar-refractivity contribution is 0.621. The number of rotatable bonds is 4. The second-order valence-electron chi connectivity index (χ2n) is 6.29. The van der Waals surface area contributed by atoms with Crippen LogP contribution in [0.2, 0.25) is 0 Å². The molecular weight excluding hydrogens is 338 g/mol. The summed E-state index contributed by atoms with van der Waals surface area (Å²) >= 11 is 0. The lowest BCUT2D eigenvalue weighted by atomic mass is 10.1. The summed E-state index contributed by atoms with van der Waals surface area (Å²) in [4.78, 5) is 21.4. The maximum Gasteiger partial charge on any atom is 0.290 e. The Balaban J connectivity index is 1.83. The van der Waals surface area contributed by atoms with E-state index in [0.717, 1.165) is 27.7 Å². The third-order valence-corrected chi connectivity index (χ3v) is 4.42. The molecule has 6 heteroatoms. The van der Waals surface area contributed by atoms with Crippen LogP contribution in [0, 0.1) is 6.92 Å². The Kier molecular flexibility index (Phi) is 4.38. The molecule has 3 aromatic heterocycles. The average Bonchev–Trinajstić information content (AvgIpc) is 2.70. The van der Waals surface area contributed by atoms with Crippen molar-refractivity contribution in [3.63, 3.8) is 0 Å². The fourth-order valence-electron chi connectivity index (χ4n) is 2.97. The summed E-state index contributed by atoms with van der Waals surface area (Å²) in [5, 5.41) is 9.73. The Labute approximate surface area is 156 Å². The molecule has 3 heterocycles. The van der Waals surface area contributed by atoms with Crippen molar-refractivity contribution in [2.24, 2.45) is 0 Å². The van der Waals surface area contributed by atoms with Gasteiger partial charge in [0, 0.05) is 41.0 Å². The summed E-state index contributed by atoms with van der Waals surface area (Å²) in [5.74, 6) is 0. The first-order valence-electron chi connectivity index (χ1n) is 8.80. The standard InChI is InChI=1S/C21H19N5O/c1-3-26-21(27)19(10-18(25-26)16-9-8-14(2)23-12-16)24-20-13-22-11-15-6-4-5-7-17(15)20/h4-13,24H,3H2,1-2H3. The largest absolute Gasteiger partial charge is 0.349 e. The lowest BCUT2D eigenvalue weighted by Crippen LogP contribution is -2.24. The zero-order chi connectivity index (χ0) is 18.8. The molecule has 1 N–H and O–H groups in total. The van der Waals surface area contributed by atoms with Gasteiger partial charge in [0.15, 0.2) is 0 Å². The molecule has 4 rings (SSSR count). The average molecular weight is 357 g/mol. The monoisotopic (exact) mass is 357 g/mol. The molecule has 0 atom stereocenters. The highest BCUT2D eigenvalue weighted by Gasteiger charge is 2.11. The Morgan fingerprint density at radius 1 is 1.04 bits per heavy atom. The van der Waals surface area contributed by atoms with Crippen molar-refractivity contribution < 1.29 is 0 Å². The van der Waals surface area contributed by atoms with E-state index in [9.17, 15) is 4.79 Å². The van der Waals surface area contributed by atoms with Gasteiger partial charge in [-0.1, -0.05) is 24.3 Å². The minimum atomic E-state index is -0.172. The summed E-state index contributed by atoms with van der Waals surface area (Å²) in [7, 11) is 0. The fraction of sp³-hybridized carbons (Fsp3) is 0.143. The van der Waals surface area contributed by atoms with Crippen molar-refractivity contribution in [1.29, 1.82) is 0 Å². The molecule has 0 saturated heterocycles. The second kappa shape index (κ2) is 6.99. The van der Waals surface area contributed by atoms with Gasteiger partial charge < -0.3 is 5.32 Å². The number of hydrogen-bond donors (Lipinski definition) is 1. The van der Waals surface area contributed by atoms with Crippen LogP contribution in [0.4, 0.5) is 11.4 Å². The summed E-state index contributed by atoms with van der Waals surface area (Å²) in [5.41, 5.74) is 3.56. The van der Waals surface area contributed by atoms with Crippen LogP contribution in [0.1, 0.15) is 12.6 Å². The van der Waals surface area contributed by atoms with E-state index in [1.54, 1.807) is 24.7 Å². The first kappa shape index (κ1) is 16.9. The van der Waals surface area contributed by atoms with Crippen LogP contribution in [0.15, 0.2) is 65.8 Å². The molecular formula is C21H19N5O. The fourth-order valence-corrected chi connectivity index (χ4v) is 2.97. The summed E-state index contributed by atoms with van der Waals surface area (Å²) < 4.78 is 1.45. The van der Waals surface area contributed by atoms with E-state index in [0.29, 0.717) is 17.9 Å². The topological polar surface area (TPSA) is 72.7 Å². The maximum absolute atomic E-state index is 12.8. The van der Waals surface area contributed by atoms with Crippen LogP contribution in [0.5, 0.6) is 0 Å². The predicted octanol–water partition coefficient (Wildman–Crippen LogP) is 3.93. The molecule has 0 unspecified atom stereocenters. The molecule has 0 aliphatic carbocycles. The minimum absolute atomic E-state index is 0.172. The van der Waals surface area contributed by atoms with Gasteiger partial charge in [0.1, 0.15) is 5.69 Å². The van der Waals surface area contributed by atoms with Gasteiger partial charge in [-0.05, 0) is 32.0 Å². The number of anilines is 2. The quantitative estimate of drug-likeness (QED) is 0.599. The third-order valence-electron chi connectivity index (χ3n) is 4.42. The van der Waals surface area contributed by atoms with Crippen molar-refractivity contribution in [2.75, 3.05) is 5.32 Å². The molecule has 4 aromatic rings. The molecule has 0 aliphatic heterocycles. The van der Waals surface area contributed by atoms with Crippen molar-refractivity contribution >= 4 is 22.1 Å². The first-order chi connectivity index (χ1) is 13.2. The second-order valence-corrected chi connectivity index (χ2v) is 6.29. The summed E-state index contributed by atoms with van der Waals surface area (Å²) in [6, 6.07) is 13.6. The Morgan fingerprint density at radius 3 is 2.67 bits per heavy atom. The van der Waals surface area contributed by atoms with Crippen LogP contribution >= 0.6 is 0 Å². The molecule has 0 saturated carbocycles. The van der Waals surface area contributed by atoms with Gasteiger partial charge in [-0.2, -0.15) is 5.10 Å². The van der Waals surface area contributed by atoms with Gasteiger partial charge in [0.25, 0.3) is 5.56 Å². The summed E-state index contributed by atoms with van der Waals surface area (Å²) in [6.07, 6.45) is 5.30. The minimum Gasteiger partial charge on any atom is -0.349 e. The number of aromatic nitrogens is 4. The smallest absolute Gasteiger partial charge is 0.290 e. The van der Waals surface area contributed by atoms with E-state index in [1.165, 1.54) is 4.68 Å². The maximum atomic E-state index is 12.8. The van der Waals surface area contributed by atoms with E-state index < -0.39 is 0 Å². The van der Waals surface area contributed by atoms with Gasteiger partial charge in [-0.3, -0.25) is 14.8 Å². The number of hydrogen-bond acceptors (Lipinski definition) is 5. The summed E-state index contributed by atoms with van der Waals surface area (Å²) in [6.45, 7) is 4.31. The number of pyridine rings is 2. The van der Waals surface area contributed by atoms with Gasteiger partial charge in [0.2, 0.25) is 0 Å². The van der Waals surface area contributed by atoms with E-state index in [4.69, 9.17) is 0 Å². The van der Waals surface area contributed by atoms with E-state index in [-0.39, 0.29) is 5.56 Å². The Hall–Kier alpha value is -3.54. The highest BCUT2D eigenvalue weighted by atomic mass is 16.1. The van der Waals surface area contributed by atoms with Crippen molar-refractivity contribution in [3.05, 3.63) is 77.1 Å². The molecule has 0 fully saturated rings. The Morgan fingerprint density at radius 2 is 1.89 bits per heavy atom. The molecule has 6 nitrogen and oxygen atoms in total. The van der Waals surface area contributed by atoms with E-state index in [2.05, 4.69) is 20.4 Å². The van der Waals surface area contributed by atoms with Crippen molar-refractivity contribution in [2.45, 2.75) is 20.4 Å². The highest BCUT2D eigenvalue weighted by molar-refractivity contribution is 5.94. The molecule has 0 amide bonds. The molecule has 0 radical (unpaired) electrons. The number of aryl methyl sites for hydroxylation is 2. The third kappa shape index (κ3) is 3.29. The Bertz CT molecular complexity index is 1160. The number of benzene rings is 1. The number of nitrogens with zero attached hydrogens (tertiary/aromatic N) is 4. The van der Waals surface area contributed by atoms with E-state index >= 15 is 0 Å². The van der Waals surface area contributed by atoms with Crippen LogP contribution in [-0.2, 0) is 6.54 Å². The zero-order valence-electron chi connectivity index (χ0n) is 15.2. The molecule has 0 aliphatic rings. The number of nitrogens with one attached hydrogen (secondary N) is 1. The molecule has 27 heavy (non-hydrogen) atoms. The molecule has 134 valence electrons. The van der Waals surface area contributed by atoms with Crippen molar-refractivity contribution in [1.82, 2.24) is 19.7 Å².